The average Bonchev–Trinajstić information content (AvgIpc) is 2.29. The predicted octanol–water partition coefficient (Wildman–Crippen LogP) is 3.09. The Morgan fingerprint density at radius 2 is 1.35 bits per heavy atom. The largest absolute Gasteiger partial charge is 0.504 e. The highest BCUT2D eigenvalue weighted by Crippen LogP contribution is 2.43. The molecule has 0 aliphatic rings. The molecule has 0 saturated heterocycles. The SMILES string of the molecule is Cc1cccc(C)c1-c1ccc(O)c(O)c1O. The van der Waals surface area contributed by atoms with Crippen molar-refractivity contribution in [2.24, 2.45) is 0 Å². The number of aryl methyl sites for hydroxylation is 2. The van der Waals surface area contributed by atoms with Crippen molar-refractivity contribution in [3.05, 3.63) is 41.5 Å². The summed E-state index contributed by atoms with van der Waals surface area (Å²) in [5.74, 6) is -1.09. The summed E-state index contributed by atoms with van der Waals surface area (Å²) < 4.78 is 0. The molecule has 17 heavy (non-hydrogen) atoms. The maximum Gasteiger partial charge on any atom is 0.200 e. The lowest BCUT2D eigenvalue weighted by Crippen LogP contribution is -1.88. The van der Waals surface area contributed by atoms with Gasteiger partial charge in [-0.25, -0.2) is 0 Å². The molecule has 0 aliphatic heterocycles. The molecule has 3 heteroatoms. The van der Waals surface area contributed by atoms with Gasteiger partial charge in [0.25, 0.3) is 0 Å². The van der Waals surface area contributed by atoms with Crippen LogP contribution in [0.3, 0.4) is 0 Å². The van der Waals surface area contributed by atoms with E-state index in [2.05, 4.69) is 0 Å². The van der Waals surface area contributed by atoms with Gasteiger partial charge in [0.05, 0.1) is 0 Å². The second-order valence-electron chi connectivity index (χ2n) is 4.10. The normalized spacial score (nSPS) is 10.5. The predicted molar refractivity (Wildman–Crippen MR) is 66.3 cm³/mol. The Morgan fingerprint density at radius 3 is 1.94 bits per heavy atom. The topological polar surface area (TPSA) is 60.7 Å². The molecular formula is C14H14O3. The van der Waals surface area contributed by atoms with Crippen molar-refractivity contribution in [3.63, 3.8) is 0 Å². The maximum atomic E-state index is 9.87. The third-order valence-electron chi connectivity index (χ3n) is 2.88. The number of hydrogen-bond acceptors (Lipinski definition) is 3. The molecule has 0 aliphatic carbocycles. The number of aromatic hydroxyl groups is 3. The fraction of sp³-hybridized carbons (Fsp3) is 0.143. The molecule has 88 valence electrons. The van der Waals surface area contributed by atoms with Crippen LogP contribution in [0.4, 0.5) is 0 Å². The summed E-state index contributed by atoms with van der Waals surface area (Å²) in [7, 11) is 0. The van der Waals surface area contributed by atoms with Gasteiger partial charge in [0.15, 0.2) is 11.5 Å². The van der Waals surface area contributed by atoms with Crippen molar-refractivity contribution in [2.45, 2.75) is 13.8 Å². The second-order valence-corrected chi connectivity index (χ2v) is 4.10. The molecule has 0 fully saturated rings. The summed E-state index contributed by atoms with van der Waals surface area (Å²) >= 11 is 0. The molecule has 0 heterocycles. The van der Waals surface area contributed by atoms with Crippen molar-refractivity contribution in [1.82, 2.24) is 0 Å². The fourth-order valence-corrected chi connectivity index (χ4v) is 2.01. The fourth-order valence-electron chi connectivity index (χ4n) is 2.01. The van der Waals surface area contributed by atoms with E-state index in [1.807, 2.05) is 32.0 Å². The highest BCUT2D eigenvalue weighted by atomic mass is 16.3. The number of benzene rings is 2. The summed E-state index contributed by atoms with van der Waals surface area (Å²) in [5, 5.41) is 28.7. The molecular weight excluding hydrogens is 216 g/mol. The zero-order chi connectivity index (χ0) is 12.6. The van der Waals surface area contributed by atoms with Gasteiger partial charge in [0.1, 0.15) is 0 Å². The summed E-state index contributed by atoms with van der Waals surface area (Å²) in [5.41, 5.74) is 3.41. The summed E-state index contributed by atoms with van der Waals surface area (Å²) in [6.07, 6.45) is 0. The monoisotopic (exact) mass is 230 g/mol. The van der Waals surface area contributed by atoms with Crippen LogP contribution in [0.5, 0.6) is 17.2 Å². The molecule has 0 radical (unpaired) electrons. The average molecular weight is 230 g/mol. The van der Waals surface area contributed by atoms with E-state index in [1.165, 1.54) is 6.07 Å². The first-order valence-electron chi connectivity index (χ1n) is 5.33. The Bertz CT molecular complexity index is 554. The minimum atomic E-state index is -0.481. The van der Waals surface area contributed by atoms with E-state index in [0.29, 0.717) is 5.56 Å². The molecule has 0 spiro atoms. The molecule has 0 amide bonds. The summed E-state index contributed by atoms with van der Waals surface area (Å²) in [4.78, 5) is 0. The van der Waals surface area contributed by atoms with Crippen molar-refractivity contribution in [3.8, 4) is 28.4 Å². The highest BCUT2D eigenvalue weighted by molar-refractivity contribution is 5.79. The summed E-state index contributed by atoms with van der Waals surface area (Å²) in [6, 6.07) is 8.78. The van der Waals surface area contributed by atoms with Gasteiger partial charge in [0, 0.05) is 5.56 Å². The van der Waals surface area contributed by atoms with E-state index in [0.717, 1.165) is 16.7 Å². The number of rotatable bonds is 1. The van der Waals surface area contributed by atoms with Crippen molar-refractivity contribution < 1.29 is 15.3 Å². The molecule has 0 bridgehead atoms. The van der Waals surface area contributed by atoms with E-state index in [4.69, 9.17) is 0 Å². The van der Waals surface area contributed by atoms with E-state index in [-0.39, 0.29) is 11.5 Å². The van der Waals surface area contributed by atoms with E-state index in [9.17, 15) is 15.3 Å². The smallest absolute Gasteiger partial charge is 0.200 e. The lowest BCUT2D eigenvalue weighted by Gasteiger charge is -2.12. The van der Waals surface area contributed by atoms with Crippen LogP contribution in [0.15, 0.2) is 30.3 Å². The highest BCUT2D eigenvalue weighted by Gasteiger charge is 2.15. The van der Waals surface area contributed by atoms with Crippen molar-refractivity contribution >= 4 is 0 Å². The Balaban J connectivity index is 2.74. The molecule has 3 N–H and O–H groups in total. The van der Waals surface area contributed by atoms with Crippen LogP contribution in [-0.2, 0) is 0 Å². The first-order chi connectivity index (χ1) is 8.02. The minimum Gasteiger partial charge on any atom is -0.504 e. The van der Waals surface area contributed by atoms with Gasteiger partial charge in [0.2, 0.25) is 5.75 Å². The van der Waals surface area contributed by atoms with Gasteiger partial charge in [-0.1, -0.05) is 18.2 Å². The molecule has 0 saturated carbocycles. The Morgan fingerprint density at radius 1 is 0.765 bits per heavy atom. The Kier molecular flexibility index (Phi) is 2.68. The van der Waals surface area contributed by atoms with Crippen LogP contribution >= 0.6 is 0 Å². The van der Waals surface area contributed by atoms with E-state index < -0.39 is 5.75 Å². The number of phenolic OH excluding ortho intramolecular Hbond substituents is 3. The van der Waals surface area contributed by atoms with Crippen molar-refractivity contribution in [2.75, 3.05) is 0 Å². The van der Waals surface area contributed by atoms with Crippen LogP contribution < -0.4 is 0 Å². The van der Waals surface area contributed by atoms with Crippen LogP contribution in [0.1, 0.15) is 11.1 Å². The van der Waals surface area contributed by atoms with Crippen LogP contribution in [0.2, 0.25) is 0 Å². The molecule has 0 unspecified atom stereocenters. The molecule has 2 aromatic carbocycles. The molecule has 2 rings (SSSR count). The lowest BCUT2D eigenvalue weighted by molar-refractivity contribution is 0.369. The van der Waals surface area contributed by atoms with E-state index >= 15 is 0 Å². The van der Waals surface area contributed by atoms with Crippen LogP contribution in [0, 0.1) is 13.8 Å². The van der Waals surface area contributed by atoms with Gasteiger partial charge >= 0.3 is 0 Å². The van der Waals surface area contributed by atoms with Gasteiger partial charge in [-0.3, -0.25) is 0 Å². The third kappa shape index (κ3) is 1.80. The zero-order valence-corrected chi connectivity index (χ0v) is 9.73. The van der Waals surface area contributed by atoms with Crippen LogP contribution in [-0.4, -0.2) is 15.3 Å². The summed E-state index contributed by atoms with van der Waals surface area (Å²) in [6.45, 7) is 3.87. The van der Waals surface area contributed by atoms with Crippen molar-refractivity contribution in [1.29, 1.82) is 0 Å². The Hall–Kier alpha value is -2.16. The first kappa shape index (κ1) is 11.3. The van der Waals surface area contributed by atoms with Crippen LogP contribution in [0.25, 0.3) is 11.1 Å². The standard InChI is InChI=1S/C14H14O3/c1-8-4-3-5-9(2)12(8)10-6-7-11(15)14(17)13(10)16/h3-7,15-17H,1-2H3. The van der Waals surface area contributed by atoms with E-state index in [1.54, 1.807) is 6.07 Å². The number of hydrogen-bond donors (Lipinski definition) is 3. The third-order valence-corrected chi connectivity index (χ3v) is 2.88. The molecule has 3 nitrogen and oxygen atoms in total. The number of phenols is 3. The quantitative estimate of drug-likeness (QED) is 0.660. The molecule has 0 atom stereocenters. The van der Waals surface area contributed by atoms with Gasteiger partial charge in [-0.05, 0) is 42.7 Å². The first-order valence-corrected chi connectivity index (χ1v) is 5.33. The van der Waals surface area contributed by atoms with Gasteiger partial charge in [-0.2, -0.15) is 0 Å². The minimum absolute atomic E-state index is 0.289. The van der Waals surface area contributed by atoms with Gasteiger partial charge < -0.3 is 15.3 Å². The zero-order valence-electron chi connectivity index (χ0n) is 9.73. The van der Waals surface area contributed by atoms with Gasteiger partial charge in [-0.15, -0.1) is 0 Å². The maximum absolute atomic E-state index is 9.87. The lowest BCUT2D eigenvalue weighted by atomic mass is 9.95. The molecule has 2 aromatic rings. The Labute approximate surface area is 99.6 Å². The molecule has 0 aromatic heterocycles. The second kappa shape index (κ2) is 4.01.